The van der Waals surface area contributed by atoms with Gasteiger partial charge in [-0.15, -0.1) is 0 Å². The SMILES string of the molecule is O=C(NC1C=CCC1)c1ccc([N+](=O)[O-])cc1. The summed E-state index contributed by atoms with van der Waals surface area (Å²) in [6.07, 6.45) is 5.88. The maximum absolute atomic E-state index is 11.8. The average molecular weight is 232 g/mol. The Balaban J connectivity index is 2.03. The number of nitrogens with zero attached hydrogens (tertiary/aromatic N) is 1. The predicted molar refractivity (Wildman–Crippen MR) is 62.7 cm³/mol. The van der Waals surface area contributed by atoms with Gasteiger partial charge in [0.1, 0.15) is 0 Å². The van der Waals surface area contributed by atoms with E-state index in [4.69, 9.17) is 0 Å². The molecule has 1 atom stereocenters. The molecule has 88 valence electrons. The van der Waals surface area contributed by atoms with Crippen LogP contribution in [0.5, 0.6) is 0 Å². The van der Waals surface area contributed by atoms with Gasteiger partial charge in [-0.1, -0.05) is 12.2 Å². The van der Waals surface area contributed by atoms with E-state index in [2.05, 4.69) is 5.32 Å². The van der Waals surface area contributed by atoms with Crippen molar-refractivity contribution in [3.05, 3.63) is 52.1 Å². The number of non-ortho nitro benzene ring substituents is 1. The Bertz CT molecular complexity index is 465. The summed E-state index contributed by atoms with van der Waals surface area (Å²) in [6.45, 7) is 0. The molecule has 17 heavy (non-hydrogen) atoms. The van der Waals surface area contributed by atoms with E-state index in [1.165, 1.54) is 24.3 Å². The minimum absolute atomic E-state index is 0.0117. The molecule has 0 radical (unpaired) electrons. The van der Waals surface area contributed by atoms with Crippen molar-refractivity contribution in [1.82, 2.24) is 5.32 Å². The highest BCUT2D eigenvalue weighted by Gasteiger charge is 2.14. The van der Waals surface area contributed by atoms with Gasteiger partial charge in [0.25, 0.3) is 11.6 Å². The molecule has 1 aliphatic carbocycles. The van der Waals surface area contributed by atoms with Gasteiger partial charge in [-0.25, -0.2) is 0 Å². The van der Waals surface area contributed by atoms with Crippen molar-refractivity contribution in [3.63, 3.8) is 0 Å². The van der Waals surface area contributed by atoms with Gasteiger partial charge in [0.05, 0.1) is 4.92 Å². The van der Waals surface area contributed by atoms with Crippen molar-refractivity contribution < 1.29 is 9.72 Å². The molecule has 0 aromatic heterocycles. The molecule has 5 heteroatoms. The van der Waals surface area contributed by atoms with Crippen LogP contribution in [0.4, 0.5) is 5.69 Å². The van der Waals surface area contributed by atoms with E-state index in [0.29, 0.717) is 5.56 Å². The minimum Gasteiger partial charge on any atom is -0.346 e. The second kappa shape index (κ2) is 4.78. The van der Waals surface area contributed by atoms with E-state index >= 15 is 0 Å². The van der Waals surface area contributed by atoms with E-state index in [0.717, 1.165) is 12.8 Å². The van der Waals surface area contributed by atoms with E-state index in [1.807, 2.05) is 12.2 Å². The van der Waals surface area contributed by atoms with Gasteiger partial charge in [0.2, 0.25) is 0 Å². The van der Waals surface area contributed by atoms with Crippen molar-refractivity contribution in [3.8, 4) is 0 Å². The summed E-state index contributed by atoms with van der Waals surface area (Å²) in [6, 6.07) is 5.68. The Labute approximate surface area is 98.3 Å². The largest absolute Gasteiger partial charge is 0.346 e. The van der Waals surface area contributed by atoms with E-state index in [1.54, 1.807) is 0 Å². The fourth-order valence-corrected chi connectivity index (χ4v) is 1.74. The second-order valence-corrected chi connectivity index (χ2v) is 3.89. The Hall–Kier alpha value is -2.17. The molecule has 0 saturated carbocycles. The van der Waals surface area contributed by atoms with E-state index in [9.17, 15) is 14.9 Å². The third-order valence-electron chi connectivity index (χ3n) is 2.67. The van der Waals surface area contributed by atoms with Crippen molar-refractivity contribution in [2.75, 3.05) is 0 Å². The number of hydrogen-bond acceptors (Lipinski definition) is 3. The van der Waals surface area contributed by atoms with Gasteiger partial charge in [-0.3, -0.25) is 14.9 Å². The Morgan fingerprint density at radius 3 is 2.59 bits per heavy atom. The molecule has 1 amide bonds. The first kappa shape index (κ1) is 11.3. The lowest BCUT2D eigenvalue weighted by molar-refractivity contribution is -0.384. The Kier molecular flexibility index (Phi) is 3.18. The molecule has 1 aliphatic rings. The smallest absolute Gasteiger partial charge is 0.269 e. The topological polar surface area (TPSA) is 72.2 Å². The molecule has 0 fully saturated rings. The zero-order valence-corrected chi connectivity index (χ0v) is 9.13. The summed E-state index contributed by atoms with van der Waals surface area (Å²) in [5.74, 6) is -0.198. The highest BCUT2D eigenvalue weighted by Crippen LogP contribution is 2.13. The number of carbonyl (C=O) groups is 1. The highest BCUT2D eigenvalue weighted by atomic mass is 16.6. The van der Waals surface area contributed by atoms with Gasteiger partial charge in [0.15, 0.2) is 0 Å². The second-order valence-electron chi connectivity index (χ2n) is 3.89. The standard InChI is InChI=1S/C12H12N2O3/c15-12(13-10-3-1-2-4-10)9-5-7-11(8-6-9)14(16)17/h1,3,5-8,10H,2,4H2,(H,13,15). The molecule has 1 unspecified atom stereocenters. The maximum Gasteiger partial charge on any atom is 0.269 e. The number of benzene rings is 1. The summed E-state index contributed by atoms with van der Waals surface area (Å²) < 4.78 is 0. The molecule has 5 nitrogen and oxygen atoms in total. The fraction of sp³-hybridized carbons (Fsp3) is 0.250. The van der Waals surface area contributed by atoms with Crippen LogP contribution in [0.15, 0.2) is 36.4 Å². The number of amides is 1. The number of nitrogens with one attached hydrogen (secondary N) is 1. The molecule has 0 saturated heterocycles. The predicted octanol–water partition coefficient (Wildman–Crippen LogP) is 2.04. The van der Waals surface area contributed by atoms with Crippen molar-refractivity contribution >= 4 is 11.6 Å². The van der Waals surface area contributed by atoms with Gasteiger partial charge in [-0.2, -0.15) is 0 Å². The lowest BCUT2D eigenvalue weighted by atomic mass is 10.1. The fourth-order valence-electron chi connectivity index (χ4n) is 1.74. The van der Waals surface area contributed by atoms with Crippen LogP contribution in [0.2, 0.25) is 0 Å². The van der Waals surface area contributed by atoms with Crippen LogP contribution in [0, 0.1) is 10.1 Å². The third-order valence-corrected chi connectivity index (χ3v) is 2.67. The lowest BCUT2D eigenvalue weighted by Gasteiger charge is -2.10. The molecule has 2 rings (SSSR count). The molecule has 0 spiro atoms. The molecule has 1 N–H and O–H groups in total. The van der Waals surface area contributed by atoms with Crippen LogP contribution in [0.3, 0.4) is 0 Å². The first-order valence-electron chi connectivity index (χ1n) is 5.39. The van der Waals surface area contributed by atoms with Gasteiger partial charge in [-0.05, 0) is 25.0 Å². The molecule has 1 aromatic rings. The number of hydrogen-bond donors (Lipinski definition) is 1. The summed E-state index contributed by atoms with van der Waals surface area (Å²) >= 11 is 0. The van der Waals surface area contributed by atoms with Crippen LogP contribution in [0.25, 0.3) is 0 Å². The van der Waals surface area contributed by atoms with Gasteiger partial charge in [0, 0.05) is 23.7 Å². The number of carbonyl (C=O) groups excluding carboxylic acids is 1. The third kappa shape index (κ3) is 2.69. The Morgan fingerprint density at radius 1 is 1.35 bits per heavy atom. The van der Waals surface area contributed by atoms with Crippen molar-refractivity contribution in [2.24, 2.45) is 0 Å². The van der Waals surface area contributed by atoms with Gasteiger partial charge >= 0.3 is 0 Å². The highest BCUT2D eigenvalue weighted by molar-refractivity contribution is 5.94. The van der Waals surface area contributed by atoms with E-state index < -0.39 is 4.92 Å². The zero-order chi connectivity index (χ0) is 12.3. The molecule has 0 aliphatic heterocycles. The summed E-state index contributed by atoms with van der Waals surface area (Å²) in [5, 5.41) is 13.3. The van der Waals surface area contributed by atoms with Crippen LogP contribution < -0.4 is 5.32 Å². The monoisotopic (exact) mass is 232 g/mol. The first-order valence-corrected chi connectivity index (χ1v) is 5.39. The zero-order valence-electron chi connectivity index (χ0n) is 9.13. The quantitative estimate of drug-likeness (QED) is 0.492. The van der Waals surface area contributed by atoms with Crippen LogP contribution in [0.1, 0.15) is 23.2 Å². The number of allylic oxidation sites excluding steroid dienone is 1. The lowest BCUT2D eigenvalue weighted by Crippen LogP contribution is -2.31. The number of nitro benzene ring substituents is 1. The minimum atomic E-state index is -0.485. The van der Waals surface area contributed by atoms with Crippen LogP contribution >= 0.6 is 0 Å². The molecule has 0 heterocycles. The van der Waals surface area contributed by atoms with E-state index in [-0.39, 0.29) is 17.6 Å². The average Bonchev–Trinajstić information content (AvgIpc) is 2.82. The number of nitro groups is 1. The molecule has 1 aromatic carbocycles. The first-order chi connectivity index (χ1) is 8.16. The van der Waals surface area contributed by atoms with Crippen LogP contribution in [-0.2, 0) is 0 Å². The van der Waals surface area contributed by atoms with Gasteiger partial charge < -0.3 is 5.32 Å². The number of rotatable bonds is 3. The Morgan fingerprint density at radius 2 is 2.06 bits per heavy atom. The van der Waals surface area contributed by atoms with Crippen molar-refractivity contribution in [1.29, 1.82) is 0 Å². The normalized spacial score (nSPS) is 18.0. The van der Waals surface area contributed by atoms with Crippen LogP contribution in [-0.4, -0.2) is 16.9 Å². The van der Waals surface area contributed by atoms with Crippen molar-refractivity contribution in [2.45, 2.75) is 18.9 Å². The summed E-state index contributed by atoms with van der Waals surface area (Å²) in [7, 11) is 0. The molecular formula is C12H12N2O3. The maximum atomic E-state index is 11.8. The molecular weight excluding hydrogens is 220 g/mol. The molecule has 0 bridgehead atoms. The summed E-state index contributed by atoms with van der Waals surface area (Å²) in [4.78, 5) is 21.7. The summed E-state index contributed by atoms with van der Waals surface area (Å²) in [5.41, 5.74) is 0.429.